The minimum atomic E-state index is 0.0910. The molecule has 4 rings (SSSR count). The van der Waals surface area contributed by atoms with Gasteiger partial charge in [0.05, 0.1) is 5.69 Å². The molecular formula is C23H23NO. The Kier molecular flexibility index (Phi) is 3.47. The van der Waals surface area contributed by atoms with Gasteiger partial charge in [-0.25, -0.2) is 0 Å². The number of nitrogens with zero attached hydrogens (tertiary/aromatic N) is 1. The third-order valence-corrected chi connectivity index (χ3v) is 5.02. The standard InChI is InChI=1S/C23H23NO/c1-14-11-19-17-7-6-8-18(22(17)25-21(19)12-15(14)2)20-13-16(9-10-24-20)23(3,4)5/h6-13H,1-5H3. The molecule has 0 saturated heterocycles. The summed E-state index contributed by atoms with van der Waals surface area (Å²) in [6.45, 7) is 10.9. The van der Waals surface area contributed by atoms with Crippen molar-refractivity contribution in [3.63, 3.8) is 0 Å². The summed E-state index contributed by atoms with van der Waals surface area (Å²) in [7, 11) is 0. The van der Waals surface area contributed by atoms with E-state index in [1.807, 2.05) is 6.20 Å². The molecule has 0 aliphatic rings. The molecule has 2 heteroatoms. The summed E-state index contributed by atoms with van der Waals surface area (Å²) in [4.78, 5) is 4.62. The van der Waals surface area contributed by atoms with Gasteiger partial charge in [0, 0.05) is 22.5 Å². The summed E-state index contributed by atoms with van der Waals surface area (Å²) in [5.41, 5.74) is 7.78. The van der Waals surface area contributed by atoms with E-state index in [1.165, 1.54) is 22.1 Å². The van der Waals surface area contributed by atoms with Gasteiger partial charge in [-0.1, -0.05) is 32.9 Å². The molecule has 4 aromatic rings. The number of benzene rings is 2. The molecule has 126 valence electrons. The second-order valence-corrected chi connectivity index (χ2v) is 7.90. The van der Waals surface area contributed by atoms with E-state index in [2.05, 4.69) is 82.1 Å². The first-order chi connectivity index (χ1) is 11.8. The Morgan fingerprint density at radius 3 is 2.40 bits per heavy atom. The van der Waals surface area contributed by atoms with Gasteiger partial charge >= 0.3 is 0 Å². The van der Waals surface area contributed by atoms with Crippen LogP contribution < -0.4 is 0 Å². The smallest absolute Gasteiger partial charge is 0.144 e. The highest BCUT2D eigenvalue weighted by Crippen LogP contribution is 2.37. The molecule has 2 heterocycles. The van der Waals surface area contributed by atoms with Crippen LogP contribution in [0.15, 0.2) is 53.1 Å². The lowest BCUT2D eigenvalue weighted by Gasteiger charge is -2.19. The van der Waals surface area contributed by atoms with Crippen LogP contribution in [0.2, 0.25) is 0 Å². The first kappa shape index (κ1) is 15.9. The van der Waals surface area contributed by atoms with E-state index >= 15 is 0 Å². The van der Waals surface area contributed by atoms with Crippen LogP contribution in [-0.4, -0.2) is 4.98 Å². The van der Waals surface area contributed by atoms with Crippen molar-refractivity contribution in [3.8, 4) is 11.3 Å². The van der Waals surface area contributed by atoms with Gasteiger partial charge in [-0.3, -0.25) is 4.98 Å². The summed E-state index contributed by atoms with van der Waals surface area (Å²) in [6.07, 6.45) is 1.89. The predicted octanol–water partition coefficient (Wildman–Crippen LogP) is 6.56. The van der Waals surface area contributed by atoms with Gasteiger partial charge in [0.1, 0.15) is 11.2 Å². The molecule has 2 nitrogen and oxygen atoms in total. The summed E-state index contributed by atoms with van der Waals surface area (Å²) in [5.74, 6) is 0. The van der Waals surface area contributed by atoms with E-state index in [0.29, 0.717) is 0 Å². The number of fused-ring (bicyclic) bond motifs is 3. The van der Waals surface area contributed by atoms with Crippen molar-refractivity contribution in [1.82, 2.24) is 4.98 Å². The van der Waals surface area contributed by atoms with E-state index in [1.54, 1.807) is 0 Å². The molecule has 25 heavy (non-hydrogen) atoms. The molecule has 0 aliphatic carbocycles. The molecule has 0 fully saturated rings. The quantitative estimate of drug-likeness (QED) is 0.395. The minimum Gasteiger partial charge on any atom is -0.455 e. The maximum atomic E-state index is 6.26. The molecule has 0 N–H and O–H groups in total. The summed E-state index contributed by atoms with van der Waals surface area (Å²) in [5, 5.41) is 2.32. The van der Waals surface area contributed by atoms with Crippen LogP contribution in [0.5, 0.6) is 0 Å². The normalized spacial score (nSPS) is 12.2. The van der Waals surface area contributed by atoms with Gasteiger partial charge in [0.2, 0.25) is 0 Å². The Morgan fingerprint density at radius 2 is 1.64 bits per heavy atom. The van der Waals surface area contributed by atoms with Crippen molar-refractivity contribution in [2.45, 2.75) is 40.0 Å². The first-order valence-corrected chi connectivity index (χ1v) is 8.74. The summed E-state index contributed by atoms with van der Waals surface area (Å²) >= 11 is 0. The van der Waals surface area contributed by atoms with E-state index < -0.39 is 0 Å². The second-order valence-electron chi connectivity index (χ2n) is 7.90. The number of aromatic nitrogens is 1. The second kappa shape index (κ2) is 5.45. The number of aryl methyl sites for hydroxylation is 2. The summed E-state index contributed by atoms with van der Waals surface area (Å²) < 4.78 is 6.26. The molecule has 0 spiro atoms. The fourth-order valence-corrected chi connectivity index (χ4v) is 3.30. The molecule has 0 atom stereocenters. The maximum absolute atomic E-state index is 6.26. The van der Waals surface area contributed by atoms with Gasteiger partial charge in [-0.2, -0.15) is 0 Å². The number of furan rings is 1. The number of pyridine rings is 1. The third-order valence-electron chi connectivity index (χ3n) is 5.02. The zero-order chi connectivity index (χ0) is 17.8. The number of hydrogen-bond donors (Lipinski definition) is 0. The van der Waals surface area contributed by atoms with Gasteiger partial charge in [0.25, 0.3) is 0 Å². The van der Waals surface area contributed by atoms with Gasteiger partial charge in [-0.05, 0) is 66.3 Å². The minimum absolute atomic E-state index is 0.0910. The SMILES string of the molecule is Cc1cc2oc3c(-c4cc(C(C)(C)C)ccn4)cccc3c2cc1C. The lowest BCUT2D eigenvalue weighted by Crippen LogP contribution is -2.11. The molecule has 0 saturated carbocycles. The van der Waals surface area contributed by atoms with Crippen molar-refractivity contribution in [2.24, 2.45) is 0 Å². The van der Waals surface area contributed by atoms with Crippen LogP contribution in [0.1, 0.15) is 37.5 Å². The Balaban J connectivity index is 2.00. The number of para-hydroxylation sites is 1. The predicted molar refractivity (Wildman–Crippen MR) is 105 cm³/mol. The highest BCUT2D eigenvalue weighted by atomic mass is 16.3. The average Bonchev–Trinajstić information content (AvgIpc) is 2.92. The molecule has 0 amide bonds. The Bertz CT molecular complexity index is 1100. The van der Waals surface area contributed by atoms with Gasteiger partial charge in [-0.15, -0.1) is 0 Å². The molecule has 0 unspecified atom stereocenters. The van der Waals surface area contributed by atoms with Crippen LogP contribution in [-0.2, 0) is 5.41 Å². The van der Waals surface area contributed by atoms with E-state index in [-0.39, 0.29) is 5.41 Å². The molecular weight excluding hydrogens is 306 g/mol. The largest absolute Gasteiger partial charge is 0.455 e. The summed E-state index contributed by atoms with van der Waals surface area (Å²) in [6, 6.07) is 14.9. The fraction of sp³-hybridized carbons (Fsp3) is 0.261. The van der Waals surface area contributed by atoms with Crippen LogP contribution in [0.25, 0.3) is 33.2 Å². The van der Waals surface area contributed by atoms with Crippen LogP contribution in [0.3, 0.4) is 0 Å². The fourth-order valence-electron chi connectivity index (χ4n) is 3.30. The monoisotopic (exact) mass is 329 g/mol. The zero-order valence-corrected chi connectivity index (χ0v) is 15.5. The van der Waals surface area contributed by atoms with Crippen LogP contribution in [0, 0.1) is 13.8 Å². The van der Waals surface area contributed by atoms with Gasteiger partial charge < -0.3 is 4.42 Å². The van der Waals surface area contributed by atoms with E-state index in [4.69, 9.17) is 4.42 Å². The first-order valence-electron chi connectivity index (χ1n) is 8.74. The average molecular weight is 329 g/mol. The van der Waals surface area contributed by atoms with E-state index in [9.17, 15) is 0 Å². The number of hydrogen-bond acceptors (Lipinski definition) is 2. The molecule has 0 bridgehead atoms. The molecule has 0 radical (unpaired) electrons. The van der Waals surface area contributed by atoms with E-state index in [0.717, 1.165) is 27.8 Å². The highest BCUT2D eigenvalue weighted by Gasteiger charge is 2.17. The van der Waals surface area contributed by atoms with Crippen LogP contribution in [0.4, 0.5) is 0 Å². The lowest BCUT2D eigenvalue weighted by molar-refractivity contribution is 0.589. The van der Waals surface area contributed by atoms with Crippen LogP contribution >= 0.6 is 0 Å². The Hall–Kier alpha value is -2.61. The zero-order valence-electron chi connectivity index (χ0n) is 15.5. The molecule has 2 aromatic carbocycles. The maximum Gasteiger partial charge on any atom is 0.144 e. The van der Waals surface area contributed by atoms with Crippen molar-refractivity contribution < 1.29 is 4.42 Å². The Labute approximate surface area is 148 Å². The topological polar surface area (TPSA) is 26.0 Å². The van der Waals surface area contributed by atoms with Crippen molar-refractivity contribution in [1.29, 1.82) is 0 Å². The third kappa shape index (κ3) is 2.62. The lowest BCUT2D eigenvalue weighted by atomic mass is 9.87. The van der Waals surface area contributed by atoms with Crippen molar-refractivity contribution in [2.75, 3.05) is 0 Å². The molecule has 2 aromatic heterocycles. The van der Waals surface area contributed by atoms with Crippen molar-refractivity contribution in [3.05, 3.63) is 65.4 Å². The Morgan fingerprint density at radius 1 is 0.880 bits per heavy atom. The highest BCUT2D eigenvalue weighted by molar-refractivity contribution is 6.09. The molecule has 0 aliphatic heterocycles. The number of rotatable bonds is 1. The van der Waals surface area contributed by atoms with Gasteiger partial charge in [0.15, 0.2) is 0 Å². The van der Waals surface area contributed by atoms with Crippen molar-refractivity contribution >= 4 is 21.9 Å².